The Morgan fingerprint density at radius 3 is 2.79 bits per heavy atom. The fourth-order valence-electron chi connectivity index (χ4n) is 4.07. The fraction of sp³-hybridized carbons (Fsp3) is 0.318. The van der Waals surface area contributed by atoms with Crippen molar-refractivity contribution < 1.29 is 4.79 Å². The summed E-state index contributed by atoms with van der Waals surface area (Å²) in [5.41, 5.74) is 4.87. The molecule has 0 aliphatic carbocycles. The number of amides is 1. The molecule has 0 aliphatic rings. The lowest BCUT2D eigenvalue weighted by molar-refractivity contribution is -0.116. The van der Waals surface area contributed by atoms with E-state index in [1.807, 2.05) is 51.4 Å². The summed E-state index contributed by atoms with van der Waals surface area (Å²) in [5, 5.41) is 9.37. The van der Waals surface area contributed by atoms with Crippen molar-refractivity contribution in [2.45, 2.75) is 40.2 Å². The highest BCUT2D eigenvalue weighted by Crippen LogP contribution is 2.22. The first-order valence-electron chi connectivity index (χ1n) is 9.82. The highest BCUT2D eigenvalue weighted by atomic mass is 16.1. The molecule has 0 atom stereocenters. The van der Waals surface area contributed by atoms with Gasteiger partial charge in [-0.15, -0.1) is 0 Å². The lowest BCUT2D eigenvalue weighted by Crippen LogP contribution is -2.19. The number of fused-ring (bicyclic) bond motifs is 2. The molecule has 150 valence electrons. The zero-order valence-corrected chi connectivity index (χ0v) is 17.2. The van der Waals surface area contributed by atoms with Crippen LogP contribution in [0.4, 0.5) is 5.69 Å². The summed E-state index contributed by atoms with van der Waals surface area (Å²) in [6.07, 6.45) is 2.66. The fourth-order valence-corrected chi connectivity index (χ4v) is 4.07. The largest absolute Gasteiger partial charge is 0.348 e. The van der Waals surface area contributed by atoms with Crippen LogP contribution < -0.4 is 10.9 Å². The van der Waals surface area contributed by atoms with E-state index in [-0.39, 0.29) is 17.9 Å². The normalized spacial score (nSPS) is 11.4. The molecule has 0 bridgehead atoms. The van der Waals surface area contributed by atoms with Gasteiger partial charge in [-0.2, -0.15) is 5.10 Å². The van der Waals surface area contributed by atoms with Gasteiger partial charge in [0.05, 0.1) is 5.69 Å². The van der Waals surface area contributed by atoms with Crippen LogP contribution in [0.15, 0.2) is 35.3 Å². The van der Waals surface area contributed by atoms with Gasteiger partial charge in [0.15, 0.2) is 0 Å². The van der Waals surface area contributed by atoms with Gasteiger partial charge in [0.2, 0.25) is 5.91 Å². The number of aryl methyl sites for hydroxylation is 4. The number of aromatic nitrogens is 4. The molecule has 7 heteroatoms. The van der Waals surface area contributed by atoms with Gasteiger partial charge in [-0.05, 0) is 57.0 Å². The molecule has 29 heavy (non-hydrogen) atoms. The van der Waals surface area contributed by atoms with E-state index in [0.717, 1.165) is 39.8 Å². The van der Waals surface area contributed by atoms with E-state index in [1.165, 1.54) is 0 Å². The van der Waals surface area contributed by atoms with Crippen LogP contribution in [0.1, 0.15) is 30.2 Å². The molecule has 3 aromatic heterocycles. The number of anilines is 1. The molecule has 0 unspecified atom stereocenters. The second-order valence-electron chi connectivity index (χ2n) is 7.41. The summed E-state index contributed by atoms with van der Waals surface area (Å²) in [6.45, 7) is 6.85. The van der Waals surface area contributed by atoms with Crippen molar-refractivity contribution in [3.05, 3.63) is 57.6 Å². The van der Waals surface area contributed by atoms with Crippen molar-refractivity contribution in [3.63, 3.8) is 0 Å². The molecular formula is C22H25N5O2. The van der Waals surface area contributed by atoms with E-state index < -0.39 is 0 Å². The van der Waals surface area contributed by atoms with Crippen molar-refractivity contribution in [3.8, 4) is 0 Å². The maximum Gasteiger partial charge on any atom is 0.253 e. The molecule has 4 aromatic rings. The summed E-state index contributed by atoms with van der Waals surface area (Å²) >= 11 is 0. The van der Waals surface area contributed by atoms with Crippen molar-refractivity contribution in [2.75, 3.05) is 5.32 Å². The molecule has 4 rings (SSSR count). The first kappa shape index (κ1) is 19.0. The topological polar surface area (TPSA) is 84.7 Å². The van der Waals surface area contributed by atoms with E-state index in [1.54, 1.807) is 4.68 Å². The number of nitrogens with one attached hydrogen (secondary N) is 2. The number of hydrogen-bond acceptors (Lipinski definition) is 3. The van der Waals surface area contributed by atoms with E-state index in [2.05, 4.69) is 26.9 Å². The molecule has 2 N–H and O–H groups in total. The summed E-state index contributed by atoms with van der Waals surface area (Å²) in [4.78, 5) is 27.9. The number of aromatic amines is 1. The Hall–Kier alpha value is -3.35. The smallest absolute Gasteiger partial charge is 0.253 e. The van der Waals surface area contributed by atoms with Gasteiger partial charge in [0.1, 0.15) is 5.65 Å². The average molecular weight is 391 g/mol. The molecule has 7 nitrogen and oxygen atoms in total. The minimum atomic E-state index is -0.159. The highest BCUT2D eigenvalue weighted by Gasteiger charge is 2.16. The molecule has 0 spiro atoms. The molecule has 1 amide bonds. The third kappa shape index (κ3) is 3.33. The lowest BCUT2D eigenvalue weighted by atomic mass is 10.0. The molecule has 3 heterocycles. The second-order valence-corrected chi connectivity index (χ2v) is 7.41. The van der Waals surface area contributed by atoms with Crippen molar-refractivity contribution in [2.24, 2.45) is 7.05 Å². The van der Waals surface area contributed by atoms with Crippen LogP contribution in [0.3, 0.4) is 0 Å². The third-order valence-electron chi connectivity index (χ3n) is 5.55. The SMILES string of the molecule is CCn1ccc2cc(NC(=O)CCc3c(C)c4c(C)nn(C)c4[nH]c3=O)ccc21. The van der Waals surface area contributed by atoms with Gasteiger partial charge in [0.25, 0.3) is 5.56 Å². The van der Waals surface area contributed by atoms with Gasteiger partial charge in [-0.1, -0.05) is 0 Å². The molecule has 0 saturated carbocycles. The molecule has 0 fully saturated rings. The Bertz CT molecular complexity index is 1290. The van der Waals surface area contributed by atoms with Crippen molar-refractivity contribution in [1.82, 2.24) is 19.3 Å². The highest BCUT2D eigenvalue weighted by molar-refractivity contribution is 5.94. The van der Waals surface area contributed by atoms with Gasteiger partial charge in [-0.3, -0.25) is 14.3 Å². The zero-order chi connectivity index (χ0) is 20.7. The van der Waals surface area contributed by atoms with E-state index in [9.17, 15) is 9.59 Å². The number of rotatable bonds is 5. The Balaban J connectivity index is 1.51. The number of pyridine rings is 1. The van der Waals surface area contributed by atoms with Crippen LogP contribution in [-0.4, -0.2) is 25.2 Å². The van der Waals surface area contributed by atoms with Crippen LogP contribution in [0.25, 0.3) is 21.9 Å². The average Bonchev–Trinajstić information content (AvgIpc) is 3.21. The summed E-state index contributed by atoms with van der Waals surface area (Å²) in [5.74, 6) is -0.110. The monoisotopic (exact) mass is 391 g/mol. The molecule has 0 radical (unpaired) electrons. The van der Waals surface area contributed by atoms with Gasteiger partial charge in [-0.25, -0.2) is 0 Å². The number of carbonyl (C=O) groups is 1. The van der Waals surface area contributed by atoms with E-state index >= 15 is 0 Å². The molecule has 0 aliphatic heterocycles. The number of benzene rings is 1. The Kier molecular flexibility index (Phi) is 4.74. The number of carbonyl (C=O) groups excluding carboxylic acids is 1. The Labute approximate surface area is 168 Å². The van der Waals surface area contributed by atoms with Crippen LogP contribution in [0.5, 0.6) is 0 Å². The minimum Gasteiger partial charge on any atom is -0.348 e. The molecule has 0 saturated heterocycles. The minimum absolute atomic E-state index is 0.110. The van der Waals surface area contributed by atoms with Crippen LogP contribution in [-0.2, 0) is 24.8 Å². The van der Waals surface area contributed by atoms with Gasteiger partial charge < -0.3 is 14.9 Å². The number of hydrogen-bond donors (Lipinski definition) is 2. The third-order valence-corrected chi connectivity index (χ3v) is 5.55. The van der Waals surface area contributed by atoms with E-state index in [0.29, 0.717) is 17.6 Å². The van der Waals surface area contributed by atoms with Gasteiger partial charge >= 0.3 is 0 Å². The summed E-state index contributed by atoms with van der Waals surface area (Å²) in [7, 11) is 1.81. The van der Waals surface area contributed by atoms with Crippen LogP contribution >= 0.6 is 0 Å². The standard InChI is InChI=1S/C22H25N5O2/c1-5-27-11-10-15-12-16(6-8-18(15)27)23-19(28)9-7-17-13(2)20-14(3)25-26(4)21(20)24-22(17)29/h6,8,10-12H,5,7,9H2,1-4H3,(H,23,28)(H,24,29). The molecular weight excluding hydrogens is 366 g/mol. The summed E-state index contributed by atoms with van der Waals surface area (Å²) < 4.78 is 3.84. The number of H-pyrrole nitrogens is 1. The Morgan fingerprint density at radius 2 is 2.03 bits per heavy atom. The summed E-state index contributed by atoms with van der Waals surface area (Å²) in [6, 6.07) is 7.95. The first-order valence-corrected chi connectivity index (χ1v) is 9.82. The predicted octanol–water partition coefficient (Wildman–Crippen LogP) is 3.42. The molecule has 1 aromatic carbocycles. The van der Waals surface area contributed by atoms with Crippen LogP contribution in [0, 0.1) is 13.8 Å². The maximum absolute atomic E-state index is 12.5. The Morgan fingerprint density at radius 1 is 1.24 bits per heavy atom. The van der Waals surface area contributed by atoms with Crippen molar-refractivity contribution >= 4 is 33.5 Å². The lowest BCUT2D eigenvalue weighted by Gasteiger charge is -2.09. The first-order chi connectivity index (χ1) is 13.9. The zero-order valence-electron chi connectivity index (χ0n) is 17.2. The second kappa shape index (κ2) is 7.24. The maximum atomic E-state index is 12.5. The van der Waals surface area contributed by atoms with Crippen molar-refractivity contribution in [1.29, 1.82) is 0 Å². The quantitative estimate of drug-likeness (QED) is 0.547. The number of nitrogens with zero attached hydrogens (tertiary/aromatic N) is 3. The predicted molar refractivity (Wildman–Crippen MR) is 115 cm³/mol. The van der Waals surface area contributed by atoms with Gasteiger partial charge in [0, 0.05) is 53.8 Å². The van der Waals surface area contributed by atoms with Crippen LogP contribution in [0.2, 0.25) is 0 Å². The van der Waals surface area contributed by atoms with E-state index in [4.69, 9.17) is 0 Å².